The summed E-state index contributed by atoms with van der Waals surface area (Å²) in [6.07, 6.45) is -3.57. The number of fused-ring (bicyclic) bond motifs is 2. The van der Waals surface area contributed by atoms with E-state index >= 15 is 0 Å². The molecule has 6 nitrogen and oxygen atoms in total. The van der Waals surface area contributed by atoms with E-state index in [2.05, 4.69) is 29.8 Å². The Morgan fingerprint density at radius 3 is 2.11 bits per heavy atom. The molecule has 0 amide bonds. The van der Waals surface area contributed by atoms with E-state index in [-0.39, 0.29) is 35.7 Å². The molecule has 3 aliphatic rings. The van der Waals surface area contributed by atoms with Gasteiger partial charge in [0, 0.05) is 48.9 Å². The molecule has 0 unspecified atom stereocenters. The van der Waals surface area contributed by atoms with Gasteiger partial charge in [0.1, 0.15) is 5.82 Å². The predicted octanol–water partition coefficient (Wildman–Crippen LogP) is 8.61. The molecule has 0 radical (unpaired) electrons. The van der Waals surface area contributed by atoms with Crippen molar-refractivity contribution >= 4 is 22.6 Å². The number of halogens is 6. The molecule has 12 heteroatoms. The molecule has 1 N–H and O–H groups in total. The summed E-state index contributed by atoms with van der Waals surface area (Å²) in [5.74, 6) is 1.31. The molecular formula is C35H36F6N4O2. The highest BCUT2D eigenvalue weighted by atomic mass is 19.4. The molecule has 0 atom stereocenters. The molecule has 2 aromatic carbocycles. The van der Waals surface area contributed by atoms with Gasteiger partial charge in [-0.1, -0.05) is 13.8 Å². The molecule has 0 spiro atoms. The van der Waals surface area contributed by atoms with Gasteiger partial charge in [0.25, 0.3) is 0 Å². The van der Waals surface area contributed by atoms with Crippen molar-refractivity contribution in [2.24, 2.45) is 11.8 Å². The lowest BCUT2D eigenvalue weighted by Crippen LogP contribution is -2.32. The van der Waals surface area contributed by atoms with Crippen LogP contribution in [0.5, 0.6) is 0 Å². The lowest BCUT2D eigenvalue weighted by molar-refractivity contribution is -0.143. The standard InChI is InChI=1S/C35H36F6N4O2/c1-33(2)10-9-23-13-24(31(43-30(23)33)45(16-20-3-4-20)17-21-5-6-21)19-44(27-7-8-28-29(15-27)47-32(46)42-28)18-22-11-25(34(36,37)38)14-26(12-22)35(39,40)41/h7-8,11-15,20-21H,3-6,9-10,16-19H2,1-2H3,(H,42,46). The number of aromatic nitrogens is 2. The fourth-order valence-corrected chi connectivity index (χ4v) is 6.70. The number of aryl methyl sites for hydroxylation is 1. The van der Waals surface area contributed by atoms with Crippen LogP contribution in [0.15, 0.2) is 51.7 Å². The lowest BCUT2D eigenvalue weighted by atomic mass is 9.90. The highest BCUT2D eigenvalue weighted by Crippen LogP contribution is 2.43. The van der Waals surface area contributed by atoms with E-state index in [1.165, 1.54) is 0 Å². The highest BCUT2D eigenvalue weighted by Gasteiger charge is 2.38. The van der Waals surface area contributed by atoms with E-state index in [1.54, 1.807) is 23.1 Å². The molecule has 250 valence electrons. The molecule has 3 aliphatic carbocycles. The third kappa shape index (κ3) is 6.87. The molecule has 0 saturated heterocycles. The molecule has 2 aromatic heterocycles. The van der Waals surface area contributed by atoms with Crippen molar-refractivity contribution in [1.82, 2.24) is 9.97 Å². The first-order chi connectivity index (χ1) is 22.1. The number of oxazole rings is 1. The van der Waals surface area contributed by atoms with Gasteiger partial charge in [-0.25, -0.2) is 9.78 Å². The number of hydrogen-bond donors (Lipinski definition) is 1. The van der Waals surface area contributed by atoms with Gasteiger partial charge in [-0.3, -0.25) is 4.98 Å². The Morgan fingerprint density at radius 1 is 0.872 bits per heavy atom. The molecule has 0 bridgehead atoms. The number of anilines is 2. The molecular weight excluding hydrogens is 622 g/mol. The number of H-pyrrole nitrogens is 1. The molecule has 7 rings (SSSR count). The van der Waals surface area contributed by atoms with Crippen LogP contribution in [0.2, 0.25) is 0 Å². The largest absolute Gasteiger partial charge is 0.417 e. The number of nitrogens with zero attached hydrogens (tertiary/aromatic N) is 3. The summed E-state index contributed by atoms with van der Waals surface area (Å²) in [4.78, 5) is 23.9. The van der Waals surface area contributed by atoms with Crippen molar-refractivity contribution in [3.63, 3.8) is 0 Å². The Kier molecular flexibility index (Phi) is 7.63. The summed E-state index contributed by atoms with van der Waals surface area (Å²) < 4.78 is 88.3. The van der Waals surface area contributed by atoms with E-state index in [0.717, 1.165) is 86.4 Å². The average molecular weight is 659 g/mol. The topological polar surface area (TPSA) is 65.4 Å². The number of aromatic amines is 1. The van der Waals surface area contributed by atoms with Gasteiger partial charge in [-0.05, 0) is 97.9 Å². The van der Waals surface area contributed by atoms with Crippen LogP contribution in [-0.2, 0) is 37.3 Å². The Labute approximate surface area is 267 Å². The van der Waals surface area contributed by atoms with Gasteiger partial charge in [-0.2, -0.15) is 26.3 Å². The van der Waals surface area contributed by atoms with E-state index < -0.39 is 29.2 Å². The highest BCUT2D eigenvalue weighted by molar-refractivity contribution is 5.77. The van der Waals surface area contributed by atoms with Gasteiger partial charge >= 0.3 is 18.1 Å². The fourth-order valence-electron chi connectivity index (χ4n) is 6.70. The molecule has 0 aliphatic heterocycles. The van der Waals surface area contributed by atoms with Crippen molar-refractivity contribution in [2.75, 3.05) is 22.9 Å². The fraction of sp³-hybridized carbons (Fsp3) is 0.486. The van der Waals surface area contributed by atoms with Crippen LogP contribution >= 0.6 is 0 Å². The van der Waals surface area contributed by atoms with Crippen LogP contribution < -0.4 is 15.6 Å². The third-order valence-electron chi connectivity index (χ3n) is 9.62. The molecule has 4 aromatic rings. The van der Waals surface area contributed by atoms with Gasteiger partial charge < -0.3 is 14.2 Å². The summed E-state index contributed by atoms with van der Waals surface area (Å²) in [5, 5.41) is 0. The van der Waals surface area contributed by atoms with E-state index in [4.69, 9.17) is 9.40 Å². The van der Waals surface area contributed by atoms with Crippen LogP contribution in [0.1, 0.15) is 79.5 Å². The first-order valence-electron chi connectivity index (χ1n) is 16.1. The van der Waals surface area contributed by atoms with Crippen LogP contribution in [-0.4, -0.2) is 23.1 Å². The minimum Gasteiger partial charge on any atom is -0.408 e. The minimum atomic E-state index is -4.97. The zero-order valence-electron chi connectivity index (χ0n) is 26.2. The van der Waals surface area contributed by atoms with Crippen molar-refractivity contribution < 1.29 is 30.8 Å². The second-order valence-electron chi connectivity index (χ2n) is 14.1. The quantitative estimate of drug-likeness (QED) is 0.173. The Balaban J connectivity index is 1.34. The normalized spacial score (nSPS) is 17.7. The number of benzene rings is 2. The summed E-state index contributed by atoms with van der Waals surface area (Å²) >= 11 is 0. The minimum absolute atomic E-state index is 0.115. The Bertz CT molecular complexity index is 1820. The maximum atomic E-state index is 13.8. The summed E-state index contributed by atoms with van der Waals surface area (Å²) in [5.41, 5.74) is 1.17. The van der Waals surface area contributed by atoms with Crippen molar-refractivity contribution in [3.05, 3.63) is 86.5 Å². The van der Waals surface area contributed by atoms with E-state index in [0.29, 0.717) is 23.0 Å². The van der Waals surface area contributed by atoms with Crippen molar-refractivity contribution in [2.45, 2.75) is 83.2 Å². The maximum absolute atomic E-state index is 13.8. The lowest BCUT2D eigenvalue weighted by Gasteiger charge is -2.32. The zero-order valence-corrected chi connectivity index (χ0v) is 26.2. The Morgan fingerprint density at radius 2 is 1.51 bits per heavy atom. The molecule has 47 heavy (non-hydrogen) atoms. The summed E-state index contributed by atoms with van der Waals surface area (Å²) in [6.45, 7) is 5.98. The van der Waals surface area contributed by atoms with Crippen LogP contribution in [0.4, 0.5) is 37.8 Å². The average Bonchev–Trinajstić information content (AvgIpc) is 3.92. The number of pyridine rings is 1. The number of alkyl halides is 6. The first-order valence-corrected chi connectivity index (χ1v) is 16.1. The van der Waals surface area contributed by atoms with Gasteiger partial charge in [0.15, 0.2) is 5.58 Å². The summed E-state index contributed by atoms with van der Waals surface area (Å²) in [6, 6.07) is 8.71. The SMILES string of the molecule is CC1(C)CCc2cc(CN(Cc3cc(C(F)(F)F)cc(C(F)(F)F)c3)c3ccc4[nH]c(=O)oc4c3)c(N(CC3CC3)CC3CC3)nc21. The van der Waals surface area contributed by atoms with Crippen LogP contribution in [0.3, 0.4) is 0 Å². The monoisotopic (exact) mass is 658 g/mol. The Hall–Kier alpha value is -3.96. The smallest absolute Gasteiger partial charge is 0.408 e. The van der Waals surface area contributed by atoms with Crippen molar-refractivity contribution in [1.29, 1.82) is 0 Å². The number of hydrogen-bond acceptors (Lipinski definition) is 5. The third-order valence-corrected chi connectivity index (χ3v) is 9.62. The zero-order chi connectivity index (χ0) is 33.3. The van der Waals surface area contributed by atoms with E-state index in [1.807, 2.05) is 0 Å². The van der Waals surface area contributed by atoms with Crippen molar-refractivity contribution in [3.8, 4) is 0 Å². The van der Waals surface area contributed by atoms with E-state index in [9.17, 15) is 31.1 Å². The predicted molar refractivity (Wildman–Crippen MR) is 166 cm³/mol. The molecule has 2 heterocycles. The van der Waals surface area contributed by atoms with Gasteiger partial charge in [0.2, 0.25) is 0 Å². The van der Waals surface area contributed by atoms with Crippen LogP contribution in [0, 0.1) is 11.8 Å². The summed E-state index contributed by atoms with van der Waals surface area (Å²) in [7, 11) is 0. The molecule has 2 fully saturated rings. The van der Waals surface area contributed by atoms with Gasteiger partial charge in [0.05, 0.1) is 22.3 Å². The molecule has 2 saturated carbocycles. The second kappa shape index (κ2) is 11.3. The van der Waals surface area contributed by atoms with Crippen LogP contribution in [0.25, 0.3) is 11.1 Å². The maximum Gasteiger partial charge on any atom is 0.417 e. The van der Waals surface area contributed by atoms with Gasteiger partial charge in [-0.15, -0.1) is 0 Å². The first kappa shape index (κ1) is 31.6. The number of rotatable bonds is 10. The number of nitrogens with one attached hydrogen (secondary N) is 1. The second-order valence-corrected chi connectivity index (χ2v) is 14.1.